The van der Waals surface area contributed by atoms with Crippen molar-refractivity contribution in [2.24, 2.45) is 0 Å². The fraction of sp³-hybridized carbons (Fsp3) is 0.444. The van der Waals surface area contributed by atoms with Gasteiger partial charge in [0, 0.05) is 5.41 Å². The highest BCUT2D eigenvalue weighted by atomic mass is 16.3. The Hall–Kier alpha value is -1.23. The molecule has 0 spiro atoms. The monoisotopic (exact) mass is 149 g/mol. The SMILES string of the molecule is C#Cc1nc(C(C)(C)C)co1. The lowest BCUT2D eigenvalue weighted by Gasteiger charge is -2.12. The van der Waals surface area contributed by atoms with Crippen molar-refractivity contribution < 1.29 is 4.42 Å². The first-order chi connectivity index (χ1) is 5.04. The van der Waals surface area contributed by atoms with Crippen LogP contribution in [0.2, 0.25) is 0 Å². The van der Waals surface area contributed by atoms with Crippen LogP contribution < -0.4 is 0 Å². The first kappa shape index (κ1) is 7.87. The van der Waals surface area contributed by atoms with Gasteiger partial charge >= 0.3 is 0 Å². The van der Waals surface area contributed by atoms with E-state index in [4.69, 9.17) is 10.8 Å². The molecule has 58 valence electrons. The largest absolute Gasteiger partial charge is 0.438 e. The van der Waals surface area contributed by atoms with Crippen LogP contribution >= 0.6 is 0 Å². The highest BCUT2D eigenvalue weighted by Gasteiger charge is 2.17. The molecule has 0 aliphatic rings. The van der Waals surface area contributed by atoms with Crippen LogP contribution in [0, 0.1) is 12.3 Å². The molecular weight excluding hydrogens is 138 g/mol. The molecule has 1 rings (SSSR count). The molecule has 0 atom stereocenters. The van der Waals surface area contributed by atoms with Gasteiger partial charge in [-0.1, -0.05) is 20.8 Å². The summed E-state index contributed by atoms with van der Waals surface area (Å²) in [7, 11) is 0. The van der Waals surface area contributed by atoms with Gasteiger partial charge in [-0.05, 0) is 5.92 Å². The fourth-order valence-electron chi connectivity index (χ4n) is 0.685. The van der Waals surface area contributed by atoms with E-state index in [0.717, 1.165) is 5.69 Å². The van der Waals surface area contributed by atoms with Crippen molar-refractivity contribution in [2.45, 2.75) is 26.2 Å². The predicted molar refractivity (Wildman–Crippen MR) is 43.1 cm³/mol. The van der Waals surface area contributed by atoms with Crippen molar-refractivity contribution in [2.75, 3.05) is 0 Å². The van der Waals surface area contributed by atoms with Crippen molar-refractivity contribution in [3.63, 3.8) is 0 Å². The lowest BCUT2D eigenvalue weighted by Crippen LogP contribution is -2.11. The third-order valence-corrected chi connectivity index (χ3v) is 1.40. The van der Waals surface area contributed by atoms with Gasteiger partial charge in [0.15, 0.2) is 0 Å². The van der Waals surface area contributed by atoms with E-state index in [-0.39, 0.29) is 5.41 Å². The van der Waals surface area contributed by atoms with E-state index in [0.29, 0.717) is 5.89 Å². The maximum atomic E-state index is 5.10. The minimum atomic E-state index is 0.0125. The molecule has 0 aliphatic carbocycles. The molecule has 0 saturated carbocycles. The molecule has 0 radical (unpaired) electrons. The Bertz CT molecular complexity index is 285. The van der Waals surface area contributed by atoms with Gasteiger partial charge in [0.25, 0.3) is 5.89 Å². The zero-order valence-corrected chi connectivity index (χ0v) is 7.01. The van der Waals surface area contributed by atoms with Crippen molar-refractivity contribution in [3.8, 4) is 12.3 Å². The second-order valence-electron chi connectivity index (χ2n) is 3.43. The molecule has 0 saturated heterocycles. The molecule has 0 aromatic carbocycles. The molecular formula is C9H11NO. The first-order valence-electron chi connectivity index (χ1n) is 3.46. The summed E-state index contributed by atoms with van der Waals surface area (Å²) in [5.74, 6) is 2.70. The molecule has 1 aromatic rings. The van der Waals surface area contributed by atoms with Gasteiger partial charge in [-0.3, -0.25) is 0 Å². The molecule has 2 nitrogen and oxygen atoms in total. The number of hydrogen-bond donors (Lipinski definition) is 0. The quantitative estimate of drug-likeness (QED) is 0.527. The van der Waals surface area contributed by atoms with Crippen LogP contribution in [0.15, 0.2) is 10.7 Å². The third-order valence-electron chi connectivity index (χ3n) is 1.40. The molecule has 0 bridgehead atoms. The van der Waals surface area contributed by atoms with Crippen molar-refractivity contribution in [1.82, 2.24) is 4.98 Å². The molecule has 1 heterocycles. The lowest BCUT2D eigenvalue weighted by molar-refractivity contribution is 0.529. The average molecular weight is 149 g/mol. The van der Waals surface area contributed by atoms with Crippen LogP contribution in [0.25, 0.3) is 0 Å². The number of aromatic nitrogens is 1. The van der Waals surface area contributed by atoms with Crippen LogP contribution in [0.3, 0.4) is 0 Å². The fourth-order valence-corrected chi connectivity index (χ4v) is 0.685. The Morgan fingerprint density at radius 1 is 1.55 bits per heavy atom. The van der Waals surface area contributed by atoms with Gasteiger partial charge in [-0.25, -0.2) is 4.98 Å². The summed E-state index contributed by atoms with van der Waals surface area (Å²) in [5.41, 5.74) is 0.906. The number of oxazole rings is 1. The van der Waals surface area contributed by atoms with E-state index in [1.807, 2.05) is 0 Å². The molecule has 2 heteroatoms. The molecule has 0 amide bonds. The van der Waals surface area contributed by atoms with Crippen molar-refractivity contribution in [3.05, 3.63) is 17.8 Å². The smallest absolute Gasteiger partial charge is 0.273 e. The van der Waals surface area contributed by atoms with E-state index < -0.39 is 0 Å². The summed E-state index contributed by atoms with van der Waals surface area (Å²) in [6.45, 7) is 6.18. The average Bonchev–Trinajstić information content (AvgIpc) is 2.32. The van der Waals surface area contributed by atoms with E-state index >= 15 is 0 Å². The Morgan fingerprint density at radius 3 is 2.45 bits per heavy atom. The number of terminal acetylenes is 1. The zero-order chi connectivity index (χ0) is 8.48. The third kappa shape index (κ3) is 1.62. The molecule has 1 aromatic heterocycles. The second kappa shape index (κ2) is 2.43. The van der Waals surface area contributed by atoms with Crippen molar-refractivity contribution >= 4 is 0 Å². The number of rotatable bonds is 0. The van der Waals surface area contributed by atoms with E-state index in [9.17, 15) is 0 Å². The second-order valence-corrected chi connectivity index (χ2v) is 3.43. The predicted octanol–water partition coefficient (Wildman–Crippen LogP) is 1.95. The van der Waals surface area contributed by atoms with E-state index in [1.165, 1.54) is 0 Å². The summed E-state index contributed by atoms with van der Waals surface area (Å²) in [4.78, 5) is 4.10. The van der Waals surface area contributed by atoms with Gasteiger partial charge in [0.2, 0.25) is 0 Å². The van der Waals surface area contributed by atoms with Crippen LogP contribution in [0.4, 0.5) is 0 Å². The molecule has 0 aliphatic heterocycles. The first-order valence-corrected chi connectivity index (χ1v) is 3.46. The Balaban J connectivity index is 3.01. The molecule has 0 N–H and O–H groups in total. The van der Waals surface area contributed by atoms with Crippen LogP contribution in [-0.4, -0.2) is 4.98 Å². The molecule has 11 heavy (non-hydrogen) atoms. The zero-order valence-electron chi connectivity index (χ0n) is 7.01. The minimum Gasteiger partial charge on any atom is -0.438 e. The van der Waals surface area contributed by atoms with Gasteiger partial charge in [0.05, 0.1) is 5.69 Å². The van der Waals surface area contributed by atoms with E-state index in [1.54, 1.807) is 6.26 Å². The van der Waals surface area contributed by atoms with Gasteiger partial charge in [-0.2, -0.15) is 0 Å². The Labute approximate surface area is 66.6 Å². The summed E-state index contributed by atoms with van der Waals surface area (Å²) in [6.07, 6.45) is 6.71. The highest BCUT2D eigenvalue weighted by Crippen LogP contribution is 2.20. The van der Waals surface area contributed by atoms with Crippen LogP contribution in [0.5, 0.6) is 0 Å². The van der Waals surface area contributed by atoms with Crippen molar-refractivity contribution in [1.29, 1.82) is 0 Å². The standard InChI is InChI=1S/C9H11NO/c1-5-8-10-7(6-11-8)9(2,3)4/h1,6H,2-4H3. The Kier molecular flexibility index (Phi) is 1.74. The summed E-state index contributed by atoms with van der Waals surface area (Å²) < 4.78 is 4.99. The highest BCUT2D eigenvalue weighted by molar-refractivity contribution is 5.17. The van der Waals surface area contributed by atoms with Gasteiger partial charge in [-0.15, -0.1) is 6.42 Å². The molecule has 0 fully saturated rings. The maximum Gasteiger partial charge on any atom is 0.273 e. The normalized spacial score (nSPS) is 11.1. The summed E-state index contributed by atoms with van der Waals surface area (Å²) in [5, 5.41) is 0. The summed E-state index contributed by atoms with van der Waals surface area (Å²) >= 11 is 0. The minimum absolute atomic E-state index is 0.0125. The van der Waals surface area contributed by atoms with E-state index in [2.05, 4.69) is 31.7 Å². The number of hydrogen-bond acceptors (Lipinski definition) is 2. The maximum absolute atomic E-state index is 5.10. The van der Waals surface area contributed by atoms with Crippen LogP contribution in [-0.2, 0) is 5.41 Å². The Morgan fingerprint density at radius 2 is 2.18 bits per heavy atom. The molecule has 0 unspecified atom stereocenters. The van der Waals surface area contributed by atoms with Gasteiger partial charge in [0.1, 0.15) is 6.26 Å². The lowest BCUT2D eigenvalue weighted by atomic mass is 9.93. The number of nitrogens with zero attached hydrogens (tertiary/aromatic N) is 1. The van der Waals surface area contributed by atoms with Crippen LogP contribution in [0.1, 0.15) is 32.4 Å². The van der Waals surface area contributed by atoms with Gasteiger partial charge < -0.3 is 4.42 Å². The topological polar surface area (TPSA) is 26.0 Å². The summed E-state index contributed by atoms with van der Waals surface area (Å²) in [6, 6.07) is 0.